The summed E-state index contributed by atoms with van der Waals surface area (Å²) in [6.45, 7) is 0. The Labute approximate surface area is 151 Å². The molecule has 116 valence electrons. The molecule has 0 aliphatic carbocycles. The van der Waals surface area contributed by atoms with Crippen molar-refractivity contribution in [2.75, 3.05) is 0 Å². The van der Waals surface area contributed by atoms with Crippen LogP contribution >= 0.6 is 34.8 Å². The lowest BCUT2D eigenvalue weighted by Gasteiger charge is -2.09. The van der Waals surface area contributed by atoms with Crippen molar-refractivity contribution in [3.05, 3.63) is 76.1 Å². The van der Waals surface area contributed by atoms with Crippen LogP contribution in [0.25, 0.3) is 0 Å². The summed E-state index contributed by atoms with van der Waals surface area (Å²) in [7, 11) is -0.596. The van der Waals surface area contributed by atoms with Gasteiger partial charge in [0, 0.05) is 9.79 Å². The molecule has 1 heterocycles. The number of benzene rings is 2. The summed E-state index contributed by atoms with van der Waals surface area (Å²) in [5, 5.41) is 0.304. The van der Waals surface area contributed by atoms with Crippen molar-refractivity contribution in [3.63, 3.8) is 0 Å². The summed E-state index contributed by atoms with van der Waals surface area (Å²) in [6, 6.07) is 19.8. The van der Waals surface area contributed by atoms with Gasteiger partial charge < -0.3 is 0 Å². The number of hydrogen-bond donors (Lipinski definition) is 0. The highest BCUT2D eigenvalue weighted by Gasteiger charge is 2.12. The minimum absolute atomic E-state index is 0.0165. The standard InChI is InChI=1S/C16H10Cl3N3S/c17-13-14(18)20-16(19)21-15(13)22-23(11-7-3-1-4-8-11)12-9-5-2-6-10-12/h1-10H. The third kappa shape index (κ3) is 3.90. The first kappa shape index (κ1) is 16.4. The predicted octanol–water partition coefficient (Wildman–Crippen LogP) is 5.99. The van der Waals surface area contributed by atoms with Gasteiger partial charge in [0.1, 0.15) is 5.02 Å². The third-order valence-electron chi connectivity index (χ3n) is 2.88. The van der Waals surface area contributed by atoms with Crippen molar-refractivity contribution in [1.29, 1.82) is 0 Å². The van der Waals surface area contributed by atoms with E-state index in [-0.39, 0.29) is 21.3 Å². The molecule has 3 rings (SSSR count). The summed E-state index contributed by atoms with van der Waals surface area (Å²) >= 11 is 18.0. The van der Waals surface area contributed by atoms with Gasteiger partial charge in [0.05, 0.1) is 0 Å². The lowest BCUT2D eigenvalue weighted by Crippen LogP contribution is -1.94. The van der Waals surface area contributed by atoms with Gasteiger partial charge in [-0.1, -0.05) is 59.6 Å². The van der Waals surface area contributed by atoms with Gasteiger partial charge in [-0.25, -0.2) is 4.98 Å². The molecule has 0 aliphatic rings. The Hall–Kier alpha value is -1.46. The number of nitrogens with zero attached hydrogens (tertiary/aromatic N) is 3. The zero-order valence-corrected chi connectivity index (χ0v) is 14.7. The van der Waals surface area contributed by atoms with E-state index in [1.54, 1.807) is 0 Å². The van der Waals surface area contributed by atoms with E-state index in [2.05, 4.69) is 9.97 Å². The highest BCUT2D eigenvalue weighted by atomic mass is 35.5. The van der Waals surface area contributed by atoms with Gasteiger partial charge in [-0.3, -0.25) is 0 Å². The van der Waals surface area contributed by atoms with Gasteiger partial charge in [0.25, 0.3) is 0 Å². The predicted molar refractivity (Wildman–Crippen MR) is 95.9 cm³/mol. The van der Waals surface area contributed by atoms with Gasteiger partial charge in [-0.2, -0.15) is 9.35 Å². The van der Waals surface area contributed by atoms with Crippen molar-refractivity contribution >= 4 is 51.3 Å². The van der Waals surface area contributed by atoms with Gasteiger partial charge in [0.2, 0.25) is 5.28 Å². The fourth-order valence-electron chi connectivity index (χ4n) is 1.87. The highest BCUT2D eigenvalue weighted by Crippen LogP contribution is 2.32. The summed E-state index contributed by atoms with van der Waals surface area (Å²) in [6.07, 6.45) is 0. The zero-order chi connectivity index (χ0) is 16.2. The quantitative estimate of drug-likeness (QED) is 0.412. The van der Waals surface area contributed by atoms with Crippen LogP contribution in [0.5, 0.6) is 0 Å². The second-order valence-corrected chi connectivity index (χ2v) is 7.19. The molecule has 0 unspecified atom stereocenters. The van der Waals surface area contributed by atoms with Crippen LogP contribution in [0.2, 0.25) is 15.5 Å². The zero-order valence-electron chi connectivity index (χ0n) is 11.7. The van der Waals surface area contributed by atoms with Crippen LogP contribution in [0.1, 0.15) is 0 Å². The van der Waals surface area contributed by atoms with Crippen LogP contribution < -0.4 is 0 Å². The topological polar surface area (TPSA) is 38.1 Å². The Morgan fingerprint density at radius 3 is 1.78 bits per heavy atom. The Morgan fingerprint density at radius 1 is 0.739 bits per heavy atom. The first-order chi connectivity index (χ1) is 11.1. The van der Waals surface area contributed by atoms with Crippen molar-refractivity contribution in [2.45, 2.75) is 9.79 Å². The van der Waals surface area contributed by atoms with E-state index in [9.17, 15) is 0 Å². The van der Waals surface area contributed by atoms with Crippen molar-refractivity contribution in [3.8, 4) is 0 Å². The smallest absolute Gasteiger partial charge is 0.204 e. The summed E-state index contributed by atoms with van der Waals surface area (Å²) in [4.78, 5) is 10.0. The lowest BCUT2D eigenvalue weighted by molar-refractivity contribution is 1.15. The maximum absolute atomic E-state index is 6.18. The molecule has 3 nitrogen and oxygen atoms in total. The molecule has 0 radical (unpaired) electrons. The molecule has 0 saturated heterocycles. The van der Waals surface area contributed by atoms with Gasteiger partial charge in [-0.15, -0.1) is 0 Å². The van der Waals surface area contributed by atoms with Crippen molar-refractivity contribution < 1.29 is 0 Å². The highest BCUT2D eigenvalue weighted by molar-refractivity contribution is 7.87. The molecule has 7 heteroatoms. The van der Waals surface area contributed by atoms with Crippen LogP contribution in [0.15, 0.2) is 74.8 Å². The first-order valence-electron chi connectivity index (χ1n) is 6.60. The fourth-order valence-corrected chi connectivity index (χ4v) is 4.04. The second kappa shape index (κ2) is 7.41. The summed E-state index contributed by atoms with van der Waals surface area (Å²) in [5.74, 6) is 0.285. The van der Waals surface area contributed by atoms with Gasteiger partial charge >= 0.3 is 0 Å². The van der Waals surface area contributed by atoms with Crippen LogP contribution in [0, 0.1) is 0 Å². The van der Waals surface area contributed by atoms with E-state index in [0.717, 1.165) is 9.79 Å². The minimum atomic E-state index is -0.596. The number of hydrogen-bond acceptors (Lipinski definition) is 3. The van der Waals surface area contributed by atoms with Crippen molar-refractivity contribution in [2.24, 2.45) is 4.36 Å². The molecular weight excluding hydrogens is 373 g/mol. The lowest BCUT2D eigenvalue weighted by atomic mass is 10.4. The Balaban J connectivity index is 2.21. The SMILES string of the molecule is Clc1nc(Cl)c(Cl)c(N=S(c2ccccc2)c2ccccc2)n1. The monoisotopic (exact) mass is 381 g/mol. The Kier molecular flexibility index (Phi) is 5.28. The number of halogens is 3. The molecule has 0 spiro atoms. The molecule has 0 bridgehead atoms. The Bertz CT molecular complexity index is 814. The first-order valence-corrected chi connectivity index (χ1v) is 8.91. The molecule has 0 aliphatic heterocycles. The maximum atomic E-state index is 6.18. The van der Waals surface area contributed by atoms with Gasteiger partial charge in [-0.05, 0) is 46.6 Å². The molecule has 0 N–H and O–H groups in total. The molecule has 3 aromatic rings. The van der Waals surface area contributed by atoms with Crippen LogP contribution in [0.3, 0.4) is 0 Å². The van der Waals surface area contributed by atoms with E-state index >= 15 is 0 Å². The molecule has 0 fully saturated rings. The average Bonchev–Trinajstić information content (AvgIpc) is 2.58. The van der Waals surface area contributed by atoms with Crippen molar-refractivity contribution in [1.82, 2.24) is 9.97 Å². The van der Waals surface area contributed by atoms with E-state index in [1.165, 1.54) is 0 Å². The van der Waals surface area contributed by atoms with Crippen LogP contribution in [-0.4, -0.2) is 9.97 Å². The fraction of sp³-hybridized carbons (Fsp3) is 0. The second-order valence-electron chi connectivity index (χ2n) is 4.42. The molecule has 0 atom stereocenters. The van der Waals surface area contributed by atoms with E-state index in [1.807, 2.05) is 60.7 Å². The normalized spacial score (nSPS) is 10.8. The summed E-state index contributed by atoms with van der Waals surface area (Å²) in [5.41, 5.74) is 0. The Morgan fingerprint density at radius 2 is 1.26 bits per heavy atom. The maximum Gasteiger partial charge on any atom is 0.225 e. The minimum Gasteiger partial charge on any atom is -0.204 e. The van der Waals surface area contributed by atoms with Crippen LogP contribution in [0.4, 0.5) is 5.82 Å². The molecule has 2 aromatic carbocycles. The van der Waals surface area contributed by atoms with E-state index < -0.39 is 10.7 Å². The molecule has 23 heavy (non-hydrogen) atoms. The largest absolute Gasteiger partial charge is 0.225 e. The van der Waals surface area contributed by atoms with E-state index in [0.29, 0.717) is 0 Å². The summed E-state index contributed by atoms with van der Waals surface area (Å²) < 4.78 is 4.70. The third-order valence-corrected chi connectivity index (χ3v) is 5.56. The molecule has 1 aromatic heterocycles. The average molecular weight is 383 g/mol. The van der Waals surface area contributed by atoms with Gasteiger partial charge in [0.15, 0.2) is 11.0 Å². The van der Waals surface area contributed by atoms with Crippen LogP contribution in [-0.2, 0) is 10.7 Å². The van der Waals surface area contributed by atoms with E-state index in [4.69, 9.17) is 39.2 Å². The number of aromatic nitrogens is 2. The number of rotatable bonds is 3. The molecular formula is C16H10Cl3N3S. The molecule has 0 saturated carbocycles. The molecule has 0 amide bonds.